The van der Waals surface area contributed by atoms with Gasteiger partial charge in [-0.15, -0.1) is 12.4 Å². The summed E-state index contributed by atoms with van der Waals surface area (Å²) < 4.78 is 0. The van der Waals surface area contributed by atoms with Crippen LogP contribution in [-0.4, -0.2) is 5.91 Å². The van der Waals surface area contributed by atoms with Crippen LogP contribution < -0.4 is 11.1 Å². The fourth-order valence-corrected chi connectivity index (χ4v) is 2.58. The summed E-state index contributed by atoms with van der Waals surface area (Å²) in [6, 6.07) is 15.7. The molecule has 3 N–H and O–H groups in total. The number of carbonyl (C=O) groups is 1. The second kappa shape index (κ2) is 8.59. The van der Waals surface area contributed by atoms with Crippen molar-refractivity contribution in [3.63, 3.8) is 0 Å². The molecule has 2 aromatic rings. The van der Waals surface area contributed by atoms with E-state index in [9.17, 15) is 4.79 Å². The molecule has 1 atom stereocenters. The van der Waals surface area contributed by atoms with Crippen LogP contribution in [0, 0.1) is 12.8 Å². The number of aryl methyl sites for hydroxylation is 1. The van der Waals surface area contributed by atoms with E-state index < -0.39 is 0 Å². The van der Waals surface area contributed by atoms with Gasteiger partial charge in [0.2, 0.25) is 5.91 Å². The molecule has 2 aromatic carbocycles. The summed E-state index contributed by atoms with van der Waals surface area (Å²) in [4.78, 5) is 12.4. The highest BCUT2D eigenvalue weighted by Gasteiger charge is 2.19. The summed E-state index contributed by atoms with van der Waals surface area (Å²) in [5.41, 5.74) is 9.74. The molecule has 0 aliphatic carbocycles. The molecule has 124 valence electrons. The molecule has 2 rings (SSSR count). The lowest BCUT2D eigenvalue weighted by molar-refractivity contribution is -0.121. The smallest absolute Gasteiger partial charge is 0.224 e. The molecule has 0 fully saturated rings. The Morgan fingerprint density at radius 1 is 1.09 bits per heavy atom. The third kappa shape index (κ3) is 5.29. The van der Waals surface area contributed by atoms with Gasteiger partial charge >= 0.3 is 0 Å². The summed E-state index contributed by atoms with van der Waals surface area (Å²) in [5, 5.41) is 3.17. The maximum absolute atomic E-state index is 12.4. The molecule has 0 aliphatic rings. The van der Waals surface area contributed by atoms with Gasteiger partial charge in [0.05, 0.1) is 12.5 Å². The number of halogens is 1. The van der Waals surface area contributed by atoms with Crippen LogP contribution >= 0.6 is 12.4 Å². The zero-order valence-corrected chi connectivity index (χ0v) is 14.7. The van der Waals surface area contributed by atoms with E-state index in [1.807, 2.05) is 36.4 Å². The van der Waals surface area contributed by atoms with Crippen LogP contribution in [0.1, 0.15) is 36.6 Å². The summed E-state index contributed by atoms with van der Waals surface area (Å²) in [6.07, 6.45) is 0.370. The maximum atomic E-state index is 12.4. The normalized spacial score (nSPS) is 11.7. The quantitative estimate of drug-likeness (QED) is 0.811. The first-order valence-electron chi connectivity index (χ1n) is 7.66. The second-order valence-electron chi connectivity index (χ2n) is 6.06. The lowest BCUT2D eigenvalue weighted by Crippen LogP contribution is -2.33. The Hall–Kier alpha value is -2.00. The largest absolute Gasteiger partial charge is 0.399 e. The molecule has 0 heterocycles. The van der Waals surface area contributed by atoms with Crippen molar-refractivity contribution in [1.29, 1.82) is 0 Å². The van der Waals surface area contributed by atoms with Gasteiger partial charge in [-0.05, 0) is 41.7 Å². The lowest BCUT2D eigenvalue weighted by Gasteiger charge is -2.24. The fourth-order valence-electron chi connectivity index (χ4n) is 2.58. The highest BCUT2D eigenvalue weighted by Crippen LogP contribution is 2.24. The molecule has 4 heteroatoms. The van der Waals surface area contributed by atoms with Gasteiger partial charge in [-0.3, -0.25) is 4.79 Å². The van der Waals surface area contributed by atoms with E-state index in [1.165, 1.54) is 11.1 Å². The van der Waals surface area contributed by atoms with E-state index in [0.29, 0.717) is 18.0 Å². The number of hydrogen-bond acceptors (Lipinski definition) is 2. The average molecular weight is 333 g/mol. The summed E-state index contributed by atoms with van der Waals surface area (Å²) in [5.74, 6) is 0.364. The van der Waals surface area contributed by atoms with Gasteiger partial charge in [0.1, 0.15) is 0 Å². The molecule has 23 heavy (non-hydrogen) atoms. The third-order valence-electron chi connectivity index (χ3n) is 3.85. The fraction of sp³-hybridized carbons (Fsp3) is 0.316. The number of amides is 1. The Bertz CT molecular complexity index is 638. The molecule has 0 radical (unpaired) electrons. The molecule has 1 unspecified atom stereocenters. The van der Waals surface area contributed by atoms with Gasteiger partial charge in [-0.1, -0.05) is 50.2 Å². The first-order valence-corrected chi connectivity index (χ1v) is 7.66. The minimum Gasteiger partial charge on any atom is -0.399 e. The summed E-state index contributed by atoms with van der Waals surface area (Å²) >= 11 is 0. The SMILES string of the molecule is Cc1ccccc1C(NC(=O)Cc1ccc(N)cc1)C(C)C.Cl. The van der Waals surface area contributed by atoms with Gasteiger partial charge in [-0.25, -0.2) is 0 Å². The molecule has 3 nitrogen and oxygen atoms in total. The van der Waals surface area contributed by atoms with E-state index in [-0.39, 0.29) is 24.4 Å². The number of carbonyl (C=O) groups excluding carboxylic acids is 1. The molecule has 0 aromatic heterocycles. The van der Waals surface area contributed by atoms with Gasteiger partial charge in [-0.2, -0.15) is 0 Å². The number of anilines is 1. The Labute approximate surface area is 144 Å². The molecule has 0 bridgehead atoms. The van der Waals surface area contributed by atoms with Crippen LogP contribution in [0.25, 0.3) is 0 Å². The van der Waals surface area contributed by atoms with Gasteiger partial charge in [0.25, 0.3) is 0 Å². The monoisotopic (exact) mass is 332 g/mol. The predicted octanol–water partition coefficient (Wildman–Crippen LogP) is 4.06. The Kier molecular flexibility index (Phi) is 7.11. The number of rotatable bonds is 5. The first-order chi connectivity index (χ1) is 10.5. The van der Waals surface area contributed by atoms with Crippen molar-refractivity contribution in [3.05, 3.63) is 65.2 Å². The van der Waals surface area contributed by atoms with Gasteiger partial charge in [0.15, 0.2) is 0 Å². The molecular formula is C19H25ClN2O. The highest BCUT2D eigenvalue weighted by molar-refractivity contribution is 5.85. The van der Waals surface area contributed by atoms with Crippen LogP contribution in [0.5, 0.6) is 0 Å². The Morgan fingerprint density at radius 2 is 1.70 bits per heavy atom. The number of nitrogens with two attached hydrogens (primary N) is 1. The summed E-state index contributed by atoms with van der Waals surface area (Å²) in [6.45, 7) is 6.33. The molecule has 0 spiro atoms. The summed E-state index contributed by atoms with van der Waals surface area (Å²) in [7, 11) is 0. The van der Waals surface area contributed by atoms with Gasteiger partial charge < -0.3 is 11.1 Å². The minimum atomic E-state index is 0. The predicted molar refractivity (Wildman–Crippen MR) is 98.7 cm³/mol. The van der Waals surface area contributed by atoms with Crippen molar-refractivity contribution in [2.45, 2.75) is 33.2 Å². The molecule has 0 saturated heterocycles. The molecule has 0 aliphatic heterocycles. The van der Waals surface area contributed by atoms with Crippen molar-refractivity contribution >= 4 is 24.0 Å². The van der Waals surface area contributed by atoms with E-state index in [1.54, 1.807) is 0 Å². The third-order valence-corrected chi connectivity index (χ3v) is 3.85. The maximum Gasteiger partial charge on any atom is 0.224 e. The van der Waals surface area contributed by atoms with Crippen LogP contribution in [-0.2, 0) is 11.2 Å². The van der Waals surface area contributed by atoms with Crippen LogP contribution in [0.4, 0.5) is 5.69 Å². The lowest BCUT2D eigenvalue weighted by atomic mass is 9.92. The standard InChI is InChI=1S/C19H24N2O.ClH/c1-13(2)19(17-7-5-4-6-14(17)3)21-18(22)12-15-8-10-16(20)11-9-15;/h4-11,13,19H,12,20H2,1-3H3,(H,21,22);1H. The highest BCUT2D eigenvalue weighted by atomic mass is 35.5. The van der Waals surface area contributed by atoms with Crippen LogP contribution in [0.2, 0.25) is 0 Å². The molecule has 1 amide bonds. The Balaban J connectivity index is 0.00000264. The van der Waals surface area contributed by atoms with Crippen LogP contribution in [0.15, 0.2) is 48.5 Å². The number of nitrogens with one attached hydrogen (secondary N) is 1. The van der Waals surface area contributed by atoms with E-state index in [4.69, 9.17) is 5.73 Å². The minimum absolute atomic E-state index is 0. The zero-order valence-electron chi connectivity index (χ0n) is 13.9. The zero-order chi connectivity index (χ0) is 16.1. The number of hydrogen-bond donors (Lipinski definition) is 2. The van der Waals surface area contributed by atoms with Crippen molar-refractivity contribution in [1.82, 2.24) is 5.32 Å². The van der Waals surface area contributed by atoms with Crippen molar-refractivity contribution in [3.8, 4) is 0 Å². The molecule has 0 saturated carbocycles. The van der Waals surface area contributed by atoms with Crippen molar-refractivity contribution in [2.75, 3.05) is 5.73 Å². The van der Waals surface area contributed by atoms with E-state index in [0.717, 1.165) is 5.56 Å². The topological polar surface area (TPSA) is 55.1 Å². The first kappa shape index (κ1) is 19.0. The number of benzene rings is 2. The van der Waals surface area contributed by atoms with E-state index >= 15 is 0 Å². The van der Waals surface area contributed by atoms with Crippen molar-refractivity contribution < 1.29 is 4.79 Å². The second-order valence-corrected chi connectivity index (χ2v) is 6.06. The van der Waals surface area contributed by atoms with E-state index in [2.05, 4.69) is 38.2 Å². The van der Waals surface area contributed by atoms with Crippen molar-refractivity contribution in [2.24, 2.45) is 5.92 Å². The van der Waals surface area contributed by atoms with Crippen LogP contribution in [0.3, 0.4) is 0 Å². The molecular weight excluding hydrogens is 308 g/mol. The Morgan fingerprint density at radius 3 is 2.26 bits per heavy atom. The average Bonchev–Trinajstić information content (AvgIpc) is 2.48. The number of nitrogen functional groups attached to an aromatic ring is 1. The van der Waals surface area contributed by atoms with Gasteiger partial charge in [0, 0.05) is 5.69 Å².